The van der Waals surface area contributed by atoms with Crippen LogP contribution in [0.25, 0.3) is 0 Å². The van der Waals surface area contributed by atoms with Crippen LogP contribution in [0.3, 0.4) is 0 Å². The molecule has 0 bridgehead atoms. The van der Waals surface area contributed by atoms with Crippen LogP contribution in [0.2, 0.25) is 0 Å². The Morgan fingerprint density at radius 1 is 1.50 bits per heavy atom. The van der Waals surface area contributed by atoms with Crippen LogP contribution in [-0.2, 0) is 6.42 Å². The summed E-state index contributed by atoms with van der Waals surface area (Å²) in [7, 11) is 1.19. The highest BCUT2D eigenvalue weighted by Crippen LogP contribution is 2.31. The van der Waals surface area contributed by atoms with E-state index in [1.807, 2.05) is 0 Å². The molecule has 0 saturated carbocycles. The first-order valence-corrected chi connectivity index (χ1v) is 4.26. The van der Waals surface area contributed by atoms with Gasteiger partial charge in [0.2, 0.25) is 5.88 Å². The molecule has 0 aromatic carbocycles. The van der Waals surface area contributed by atoms with Crippen molar-refractivity contribution in [1.82, 2.24) is 4.98 Å². The van der Waals surface area contributed by atoms with Gasteiger partial charge < -0.3 is 4.74 Å². The normalized spacial score (nSPS) is 9.62. The molecule has 0 fully saturated rings. The monoisotopic (exact) mass is 223 g/mol. The Morgan fingerprint density at radius 2 is 2.19 bits per heavy atom. The van der Waals surface area contributed by atoms with Gasteiger partial charge in [-0.05, 0) is 0 Å². The molecular weight excluding hydrogens is 216 g/mol. The van der Waals surface area contributed by atoms with Crippen molar-refractivity contribution in [2.75, 3.05) is 7.11 Å². The molecule has 1 aromatic rings. The van der Waals surface area contributed by atoms with E-state index in [0.29, 0.717) is 0 Å². The summed E-state index contributed by atoms with van der Waals surface area (Å²) in [6.07, 6.45) is -1.80. The molecule has 16 heavy (non-hydrogen) atoms. The molecule has 1 rings (SSSR count). The number of nitrogens with zero attached hydrogens (tertiary/aromatic N) is 3. The van der Waals surface area contributed by atoms with Gasteiger partial charge in [0.1, 0.15) is 6.07 Å². The first-order chi connectivity index (χ1) is 7.65. The number of methoxy groups -OCH3 is 1. The summed E-state index contributed by atoms with van der Waals surface area (Å²) in [6.45, 7) is 0. The zero-order chi connectivity index (χ0) is 12.1. The second-order valence-corrected chi connectivity index (χ2v) is 2.83. The summed E-state index contributed by atoms with van der Waals surface area (Å²) < 4.78 is 30.1. The quantitative estimate of drug-likeness (QED) is 0.785. The fraction of sp³-hybridized carbons (Fsp3) is 0.300. The maximum absolute atomic E-state index is 12.7. The largest absolute Gasteiger partial charge is 0.481 e. The lowest BCUT2D eigenvalue weighted by atomic mass is 10.0. The molecule has 0 aliphatic rings. The third-order valence-electron chi connectivity index (χ3n) is 1.95. The highest BCUT2D eigenvalue weighted by atomic mass is 19.3. The molecule has 0 radical (unpaired) electrons. The smallest absolute Gasteiger partial charge is 0.270 e. The summed E-state index contributed by atoms with van der Waals surface area (Å²) in [5.74, 6) is -0.284. The van der Waals surface area contributed by atoms with Gasteiger partial charge in [-0.25, -0.2) is 13.8 Å². The van der Waals surface area contributed by atoms with Crippen LogP contribution in [0.5, 0.6) is 5.88 Å². The third kappa shape index (κ3) is 2.06. The molecule has 1 aromatic heterocycles. The molecule has 0 aliphatic heterocycles. The van der Waals surface area contributed by atoms with E-state index in [-0.39, 0.29) is 23.4 Å². The summed E-state index contributed by atoms with van der Waals surface area (Å²) in [5.41, 5.74) is -0.609. The highest BCUT2D eigenvalue weighted by Gasteiger charge is 2.22. The van der Waals surface area contributed by atoms with Crippen LogP contribution in [0.4, 0.5) is 8.78 Å². The minimum Gasteiger partial charge on any atom is -0.481 e. The first kappa shape index (κ1) is 11.9. The fourth-order valence-electron chi connectivity index (χ4n) is 1.27. The van der Waals surface area contributed by atoms with Gasteiger partial charge in [-0.2, -0.15) is 10.5 Å². The first-order valence-electron chi connectivity index (χ1n) is 4.26. The zero-order valence-corrected chi connectivity index (χ0v) is 8.37. The van der Waals surface area contributed by atoms with E-state index in [1.165, 1.54) is 13.3 Å². The number of hydrogen-bond acceptors (Lipinski definition) is 4. The van der Waals surface area contributed by atoms with Crippen LogP contribution in [0.1, 0.15) is 23.1 Å². The predicted molar refractivity (Wildman–Crippen MR) is 49.8 cm³/mol. The molecule has 82 valence electrons. The number of halogens is 2. The van der Waals surface area contributed by atoms with Gasteiger partial charge in [-0.1, -0.05) is 0 Å². The lowest BCUT2D eigenvalue weighted by Gasteiger charge is -2.10. The van der Waals surface area contributed by atoms with Crippen molar-refractivity contribution in [1.29, 1.82) is 10.5 Å². The molecule has 1 heterocycles. The van der Waals surface area contributed by atoms with Crippen LogP contribution >= 0.6 is 0 Å². The van der Waals surface area contributed by atoms with Crippen molar-refractivity contribution in [3.8, 4) is 18.0 Å². The predicted octanol–water partition coefficient (Wildman–Crippen LogP) is 1.97. The maximum atomic E-state index is 12.7. The van der Waals surface area contributed by atoms with Crippen LogP contribution in [-0.4, -0.2) is 12.1 Å². The number of rotatable bonds is 3. The van der Waals surface area contributed by atoms with Crippen LogP contribution in [0, 0.1) is 22.7 Å². The van der Waals surface area contributed by atoms with Gasteiger partial charge in [-0.3, -0.25) is 0 Å². The molecule has 6 heteroatoms. The Bertz CT molecular complexity index is 474. The Labute approximate surface area is 90.7 Å². The summed E-state index contributed by atoms with van der Waals surface area (Å²) >= 11 is 0. The highest BCUT2D eigenvalue weighted by molar-refractivity contribution is 5.49. The van der Waals surface area contributed by atoms with Gasteiger partial charge in [0.15, 0.2) is 0 Å². The zero-order valence-electron chi connectivity index (χ0n) is 8.37. The van der Waals surface area contributed by atoms with Gasteiger partial charge in [0, 0.05) is 11.8 Å². The van der Waals surface area contributed by atoms with E-state index in [4.69, 9.17) is 10.5 Å². The lowest BCUT2D eigenvalue weighted by molar-refractivity contribution is 0.145. The van der Waals surface area contributed by atoms with Gasteiger partial charge in [-0.15, -0.1) is 0 Å². The second kappa shape index (κ2) is 5.04. The second-order valence-electron chi connectivity index (χ2n) is 2.83. The van der Waals surface area contributed by atoms with Crippen molar-refractivity contribution >= 4 is 0 Å². The number of pyridine rings is 1. The molecule has 0 unspecified atom stereocenters. The minimum atomic E-state index is -2.87. The van der Waals surface area contributed by atoms with Crippen molar-refractivity contribution in [3.63, 3.8) is 0 Å². The molecule has 0 amide bonds. The number of aromatic nitrogens is 1. The van der Waals surface area contributed by atoms with E-state index in [9.17, 15) is 8.78 Å². The standard InChI is InChI=1S/C10H7F2N3O/c1-16-10-8(9(11)12)7(4-14)6(2-3-13)5-15-10/h5,9H,2H2,1H3. The molecule has 0 saturated heterocycles. The number of ether oxygens (including phenoxy) is 1. The summed E-state index contributed by atoms with van der Waals surface area (Å²) in [5, 5.41) is 17.3. The van der Waals surface area contributed by atoms with Crippen molar-refractivity contribution < 1.29 is 13.5 Å². The minimum absolute atomic E-state index is 0.139. The number of nitriles is 2. The number of hydrogen-bond donors (Lipinski definition) is 0. The molecular formula is C10H7F2N3O. The molecule has 0 atom stereocenters. The van der Waals surface area contributed by atoms with Gasteiger partial charge in [0.05, 0.1) is 30.7 Å². The van der Waals surface area contributed by atoms with Crippen molar-refractivity contribution in [2.45, 2.75) is 12.8 Å². The molecule has 0 spiro atoms. The Morgan fingerprint density at radius 3 is 2.62 bits per heavy atom. The van der Waals surface area contributed by atoms with Crippen molar-refractivity contribution in [2.24, 2.45) is 0 Å². The fourth-order valence-corrected chi connectivity index (χ4v) is 1.27. The number of alkyl halides is 2. The van der Waals surface area contributed by atoms with Crippen LogP contribution in [0.15, 0.2) is 6.20 Å². The molecule has 0 N–H and O–H groups in total. The maximum Gasteiger partial charge on any atom is 0.270 e. The Kier molecular flexibility index (Phi) is 3.73. The topological polar surface area (TPSA) is 69.7 Å². The Hall–Kier alpha value is -2.21. The van der Waals surface area contributed by atoms with E-state index in [0.717, 1.165) is 0 Å². The van der Waals surface area contributed by atoms with E-state index < -0.39 is 12.0 Å². The average molecular weight is 223 g/mol. The van der Waals surface area contributed by atoms with Crippen LogP contribution < -0.4 is 4.74 Å². The van der Waals surface area contributed by atoms with Gasteiger partial charge >= 0.3 is 0 Å². The van der Waals surface area contributed by atoms with Gasteiger partial charge in [0.25, 0.3) is 6.43 Å². The third-order valence-corrected chi connectivity index (χ3v) is 1.95. The van der Waals surface area contributed by atoms with Crippen molar-refractivity contribution in [3.05, 3.63) is 22.9 Å². The molecule has 0 aliphatic carbocycles. The Balaban J connectivity index is 3.46. The van der Waals surface area contributed by atoms with E-state index in [2.05, 4.69) is 9.72 Å². The SMILES string of the molecule is COc1ncc(CC#N)c(C#N)c1C(F)F. The van der Waals surface area contributed by atoms with E-state index in [1.54, 1.807) is 12.1 Å². The summed E-state index contributed by atoms with van der Waals surface area (Å²) in [4.78, 5) is 3.64. The summed E-state index contributed by atoms with van der Waals surface area (Å²) in [6, 6.07) is 3.44. The average Bonchev–Trinajstić information content (AvgIpc) is 2.28. The van der Waals surface area contributed by atoms with E-state index >= 15 is 0 Å². The molecule has 4 nitrogen and oxygen atoms in total. The lowest BCUT2D eigenvalue weighted by Crippen LogP contribution is -2.03.